The first-order valence-corrected chi connectivity index (χ1v) is 4.98. The molecule has 2 aromatic rings. The number of benzene rings is 1. The van der Waals surface area contributed by atoms with Gasteiger partial charge in [-0.05, 0) is 6.07 Å². The Hall–Kier alpha value is -1.36. The Morgan fingerprint density at radius 2 is 2.36 bits per heavy atom. The highest BCUT2D eigenvalue weighted by Crippen LogP contribution is 2.21. The summed E-state index contributed by atoms with van der Waals surface area (Å²) in [7, 11) is -2.57. The van der Waals surface area contributed by atoms with E-state index < -0.39 is 8.25 Å². The molecule has 2 N–H and O–H groups in total. The van der Waals surface area contributed by atoms with E-state index in [1.54, 1.807) is 18.2 Å². The van der Waals surface area contributed by atoms with Crippen LogP contribution in [0.25, 0.3) is 11.0 Å². The van der Waals surface area contributed by atoms with Gasteiger partial charge in [-0.25, -0.2) is 0 Å². The molecule has 0 aliphatic heterocycles. The van der Waals surface area contributed by atoms with E-state index in [9.17, 15) is 4.57 Å². The number of hydrogen-bond acceptors (Lipinski definition) is 4. The average Bonchev–Trinajstić information content (AvgIpc) is 2.62. The molecule has 7 heteroatoms. The second-order valence-corrected chi connectivity index (χ2v) is 3.35. The predicted molar refractivity (Wildman–Crippen MR) is 48.5 cm³/mol. The van der Waals surface area contributed by atoms with Gasteiger partial charge in [0.25, 0.3) is 0 Å². The molecule has 0 spiro atoms. The van der Waals surface area contributed by atoms with Crippen molar-refractivity contribution >= 4 is 19.3 Å². The number of nitrogens with one attached hydrogen (secondary N) is 1. The summed E-state index contributed by atoms with van der Waals surface area (Å²) in [6, 6.07) is 5.35. The maximum Gasteiger partial charge on any atom is 0.695 e. The Bertz CT molecular complexity index is 470. The Morgan fingerprint density at radius 3 is 3.14 bits per heavy atom. The van der Waals surface area contributed by atoms with Gasteiger partial charge in [0.2, 0.25) is 0 Å². The average molecular weight is 212 g/mol. The topological polar surface area (TPSA) is 88.1 Å². The van der Waals surface area contributed by atoms with Gasteiger partial charge in [-0.3, -0.25) is 0 Å². The standard InChI is InChI=1S/C7H6N3O3P/c11-14(12)13-4-5-2-1-3-6-7(5)9-10-8-6/h1-3H,4H2,(H-,8,9,10,11,12)/p+1. The summed E-state index contributed by atoms with van der Waals surface area (Å²) in [5.74, 6) is 0. The van der Waals surface area contributed by atoms with Gasteiger partial charge in [-0.15, -0.1) is 9.42 Å². The van der Waals surface area contributed by atoms with E-state index in [0.29, 0.717) is 11.0 Å². The van der Waals surface area contributed by atoms with Crippen LogP contribution < -0.4 is 0 Å². The van der Waals surface area contributed by atoms with Crippen LogP contribution in [0.2, 0.25) is 0 Å². The second-order valence-electron chi connectivity index (χ2n) is 2.62. The van der Waals surface area contributed by atoms with Crippen molar-refractivity contribution in [3.8, 4) is 0 Å². The molecule has 1 aromatic carbocycles. The molecule has 6 nitrogen and oxygen atoms in total. The fraction of sp³-hybridized carbons (Fsp3) is 0.143. The number of H-pyrrole nitrogens is 1. The number of fused-ring (bicyclic) bond motifs is 1. The number of rotatable bonds is 3. The molecule has 0 saturated carbocycles. The third-order valence-electron chi connectivity index (χ3n) is 1.76. The van der Waals surface area contributed by atoms with Crippen molar-refractivity contribution in [2.75, 3.05) is 0 Å². The summed E-state index contributed by atoms with van der Waals surface area (Å²) in [5.41, 5.74) is 2.09. The van der Waals surface area contributed by atoms with Crippen molar-refractivity contribution in [3.05, 3.63) is 23.8 Å². The van der Waals surface area contributed by atoms with Gasteiger partial charge in [0.05, 0.1) is 0 Å². The number of nitrogens with zero attached hydrogens (tertiary/aromatic N) is 2. The van der Waals surface area contributed by atoms with Crippen molar-refractivity contribution in [1.29, 1.82) is 0 Å². The van der Waals surface area contributed by atoms with Gasteiger partial charge in [0.15, 0.2) is 0 Å². The molecule has 1 atom stereocenters. The zero-order valence-electron chi connectivity index (χ0n) is 7.04. The summed E-state index contributed by atoms with van der Waals surface area (Å²) >= 11 is 0. The minimum absolute atomic E-state index is 0.0512. The Balaban J connectivity index is 2.32. The van der Waals surface area contributed by atoms with E-state index in [1.165, 1.54) is 0 Å². The molecule has 72 valence electrons. The van der Waals surface area contributed by atoms with Crippen molar-refractivity contribution in [3.63, 3.8) is 0 Å². The quantitative estimate of drug-likeness (QED) is 0.744. The molecule has 0 amide bonds. The molecule has 0 aliphatic rings. The predicted octanol–water partition coefficient (Wildman–Crippen LogP) is 1.12. The van der Waals surface area contributed by atoms with Crippen molar-refractivity contribution in [1.82, 2.24) is 15.4 Å². The lowest BCUT2D eigenvalue weighted by atomic mass is 10.2. The smallest absolute Gasteiger partial charge is 0.197 e. The van der Waals surface area contributed by atoms with Gasteiger partial charge in [0, 0.05) is 10.1 Å². The summed E-state index contributed by atoms with van der Waals surface area (Å²) < 4.78 is 14.9. The monoisotopic (exact) mass is 212 g/mol. The van der Waals surface area contributed by atoms with E-state index in [-0.39, 0.29) is 6.61 Å². The van der Waals surface area contributed by atoms with E-state index in [4.69, 9.17) is 4.89 Å². The van der Waals surface area contributed by atoms with E-state index in [1.807, 2.05) is 0 Å². The molecule has 1 heterocycles. The third kappa shape index (κ3) is 1.77. The third-order valence-corrected chi connectivity index (χ3v) is 2.11. The lowest BCUT2D eigenvalue weighted by molar-refractivity contribution is 0.273. The minimum Gasteiger partial charge on any atom is -0.197 e. The van der Waals surface area contributed by atoms with Crippen LogP contribution >= 0.6 is 8.25 Å². The fourth-order valence-corrected chi connectivity index (χ4v) is 1.42. The summed E-state index contributed by atoms with van der Waals surface area (Å²) in [5, 5.41) is 10.3. The molecule has 0 saturated heterocycles. The highest BCUT2D eigenvalue weighted by Gasteiger charge is 2.14. The normalized spacial score (nSPS) is 11.9. The fourth-order valence-electron chi connectivity index (χ4n) is 1.17. The molecule has 0 radical (unpaired) electrons. The van der Waals surface area contributed by atoms with Crippen LogP contribution in [0.3, 0.4) is 0 Å². The number of para-hydroxylation sites is 1. The lowest BCUT2D eigenvalue weighted by Crippen LogP contribution is -1.87. The largest absolute Gasteiger partial charge is 0.695 e. The molecule has 14 heavy (non-hydrogen) atoms. The summed E-state index contributed by atoms with van der Waals surface area (Å²) in [4.78, 5) is 8.48. The SMILES string of the molecule is O=[P+](O)OCc1cccc2n[nH]nc12. The minimum atomic E-state index is -2.57. The molecule has 1 unspecified atom stereocenters. The summed E-state index contributed by atoms with van der Waals surface area (Å²) in [6.45, 7) is 0.0512. The zero-order chi connectivity index (χ0) is 9.97. The van der Waals surface area contributed by atoms with Crippen LogP contribution in [0.15, 0.2) is 18.2 Å². The van der Waals surface area contributed by atoms with Gasteiger partial charge in [0.1, 0.15) is 17.6 Å². The van der Waals surface area contributed by atoms with Gasteiger partial charge in [-0.2, -0.15) is 15.4 Å². The van der Waals surface area contributed by atoms with Gasteiger partial charge < -0.3 is 0 Å². The van der Waals surface area contributed by atoms with Gasteiger partial charge in [-0.1, -0.05) is 12.1 Å². The zero-order valence-corrected chi connectivity index (χ0v) is 7.94. The van der Waals surface area contributed by atoms with Crippen LogP contribution in [0.5, 0.6) is 0 Å². The Kier molecular flexibility index (Phi) is 2.49. The molecule has 0 fully saturated rings. The van der Waals surface area contributed by atoms with Crippen LogP contribution in [0.1, 0.15) is 5.56 Å². The van der Waals surface area contributed by atoms with Crippen LogP contribution in [0, 0.1) is 0 Å². The molecular formula is C7H7N3O3P+. The lowest BCUT2D eigenvalue weighted by Gasteiger charge is -1.94. The molecular weight excluding hydrogens is 205 g/mol. The molecule has 1 aromatic heterocycles. The first-order valence-electron chi connectivity index (χ1n) is 3.85. The first kappa shape index (κ1) is 9.21. The molecule has 2 rings (SSSR count). The summed E-state index contributed by atoms with van der Waals surface area (Å²) in [6.07, 6.45) is 0. The molecule has 0 aliphatic carbocycles. The maximum absolute atomic E-state index is 10.3. The highest BCUT2D eigenvalue weighted by molar-refractivity contribution is 7.32. The van der Waals surface area contributed by atoms with Crippen molar-refractivity contribution in [2.24, 2.45) is 0 Å². The van der Waals surface area contributed by atoms with Crippen LogP contribution in [0.4, 0.5) is 0 Å². The second kappa shape index (κ2) is 3.79. The van der Waals surface area contributed by atoms with Crippen molar-refractivity contribution < 1.29 is 14.0 Å². The number of hydrogen-bond donors (Lipinski definition) is 2. The maximum atomic E-state index is 10.3. The first-order chi connectivity index (χ1) is 6.77. The van der Waals surface area contributed by atoms with Crippen LogP contribution in [-0.4, -0.2) is 20.3 Å². The number of aromatic amines is 1. The Morgan fingerprint density at radius 1 is 1.50 bits per heavy atom. The Labute approximate surface area is 79.8 Å². The van der Waals surface area contributed by atoms with Gasteiger partial charge >= 0.3 is 8.25 Å². The van der Waals surface area contributed by atoms with Crippen molar-refractivity contribution in [2.45, 2.75) is 6.61 Å². The van der Waals surface area contributed by atoms with E-state index >= 15 is 0 Å². The van der Waals surface area contributed by atoms with E-state index in [2.05, 4.69) is 19.9 Å². The molecule has 0 bridgehead atoms. The van der Waals surface area contributed by atoms with E-state index in [0.717, 1.165) is 5.56 Å². The highest BCUT2D eigenvalue weighted by atomic mass is 31.1. The van der Waals surface area contributed by atoms with Crippen LogP contribution in [-0.2, 0) is 15.7 Å². The number of aromatic nitrogens is 3.